The number of likely N-dealkylation sites (tertiary alicyclic amines) is 1. The van der Waals surface area contributed by atoms with Gasteiger partial charge >= 0.3 is 17.9 Å². The van der Waals surface area contributed by atoms with E-state index in [1.807, 2.05) is 0 Å². The summed E-state index contributed by atoms with van der Waals surface area (Å²) in [6.45, 7) is 7.40. The van der Waals surface area contributed by atoms with E-state index in [1.54, 1.807) is 31.8 Å². The van der Waals surface area contributed by atoms with E-state index in [0.29, 0.717) is 18.5 Å². The van der Waals surface area contributed by atoms with Gasteiger partial charge in [0.25, 0.3) is 0 Å². The number of rotatable bonds is 7. The molecular formula is C24H31N5O6. The van der Waals surface area contributed by atoms with E-state index in [2.05, 4.69) is 20.2 Å². The van der Waals surface area contributed by atoms with Gasteiger partial charge in [-0.3, -0.25) is 4.90 Å². The normalized spacial score (nSPS) is 28.8. The molecule has 1 fully saturated rings. The van der Waals surface area contributed by atoms with Crippen molar-refractivity contribution in [3.05, 3.63) is 34.8 Å². The molecule has 0 aromatic carbocycles. The number of nitrogens with one attached hydrogen (secondary N) is 1. The molecule has 4 aliphatic heterocycles. The maximum absolute atomic E-state index is 13.7. The van der Waals surface area contributed by atoms with Crippen LogP contribution in [-0.2, 0) is 30.2 Å². The van der Waals surface area contributed by atoms with E-state index in [0.717, 1.165) is 37.2 Å². The first kappa shape index (κ1) is 23.5. The van der Waals surface area contributed by atoms with Crippen molar-refractivity contribution in [1.29, 1.82) is 0 Å². The molecule has 0 spiro atoms. The third-order valence-corrected chi connectivity index (χ3v) is 7.37. The van der Waals surface area contributed by atoms with Gasteiger partial charge in [-0.25, -0.2) is 19.4 Å². The van der Waals surface area contributed by atoms with Crippen molar-refractivity contribution in [1.82, 2.24) is 14.9 Å². The summed E-state index contributed by atoms with van der Waals surface area (Å²) in [7, 11) is 0. The van der Waals surface area contributed by atoms with Gasteiger partial charge in [0, 0.05) is 18.8 Å². The monoisotopic (exact) mass is 485 g/mol. The summed E-state index contributed by atoms with van der Waals surface area (Å²) in [5.74, 6) is -2.17. The molecule has 1 aromatic rings. The summed E-state index contributed by atoms with van der Waals surface area (Å²) in [6, 6.07) is 1.80. The Kier molecular flexibility index (Phi) is 5.90. The number of ether oxygens (including phenoxy) is 3. The lowest BCUT2D eigenvalue weighted by atomic mass is 9.63. The molecule has 11 heteroatoms. The summed E-state index contributed by atoms with van der Waals surface area (Å²) in [4.78, 5) is 44.9. The molecule has 35 heavy (non-hydrogen) atoms. The fraction of sp³-hybridized carbons (Fsp3) is 0.625. The molecular weight excluding hydrogens is 454 g/mol. The Morgan fingerprint density at radius 2 is 1.74 bits per heavy atom. The van der Waals surface area contributed by atoms with Crippen molar-refractivity contribution in [3.8, 4) is 0 Å². The highest BCUT2D eigenvalue weighted by Crippen LogP contribution is 2.59. The van der Waals surface area contributed by atoms with Crippen LogP contribution in [0, 0.1) is 0 Å². The molecule has 11 nitrogen and oxygen atoms in total. The third-order valence-electron chi connectivity index (χ3n) is 7.37. The van der Waals surface area contributed by atoms with Gasteiger partial charge in [0.1, 0.15) is 17.1 Å². The molecule has 3 atom stereocenters. The maximum atomic E-state index is 13.7. The Labute approximate surface area is 203 Å². The molecule has 1 saturated heterocycles. The first-order chi connectivity index (χ1) is 16.9. The Bertz CT molecular complexity index is 1110. The van der Waals surface area contributed by atoms with Crippen molar-refractivity contribution >= 4 is 17.9 Å². The van der Waals surface area contributed by atoms with Gasteiger partial charge in [-0.15, -0.1) is 5.11 Å². The topological polar surface area (TPSA) is 126 Å². The number of nitrogens with zero attached hydrogens (tertiary/aromatic N) is 4. The van der Waals surface area contributed by atoms with Crippen LogP contribution < -0.4 is 0 Å². The van der Waals surface area contributed by atoms with E-state index in [1.165, 1.54) is 6.08 Å². The first-order valence-corrected chi connectivity index (χ1v) is 12.4. The van der Waals surface area contributed by atoms with E-state index in [9.17, 15) is 14.4 Å². The molecule has 1 aliphatic carbocycles. The minimum Gasteiger partial charge on any atom is -0.464 e. The minimum absolute atomic E-state index is 0.150. The van der Waals surface area contributed by atoms with Crippen LogP contribution in [0.3, 0.4) is 0 Å². The van der Waals surface area contributed by atoms with Crippen molar-refractivity contribution in [3.63, 3.8) is 0 Å². The van der Waals surface area contributed by atoms with Crippen LogP contribution in [0.1, 0.15) is 67.7 Å². The van der Waals surface area contributed by atoms with Crippen molar-refractivity contribution in [2.75, 3.05) is 32.9 Å². The minimum atomic E-state index is -1.58. The number of aryl methyl sites for hydroxylation is 1. The summed E-state index contributed by atoms with van der Waals surface area (Å²) in [5, 5.41) is 10.6. The second-order valence-electron chi connectivity index (χ2n) is 9.15. The SMILES string of the molecule is CCOC(=O)C1=CC2(C(=O)OCC)N=NN1C1(N3CCCC3)CCc3cc(C(=O)OCC)[nH]c3C21. The molecule has 1 N–H and O–H groups in total. The predicted molar refractivity (Wildman–Crippen MR) is 122 cm³/mol. The van der Waals surface area contributed by atoms with Gasteiger partial charge in [0.05, 0.1) is 25.7 Å². The Morgan fingerprint density at radius 3 is 2.43 bits per heavy atom. The molecule has 1 aromatic heterocycles. The van der Waals surface area contributed by atoms with Crippen molar-refractivity contribution in [2.24, 2.45) is 10.3 Å². The van der Waals surface area contributed by atoms with Gasteiger partial charge in [0.15, 0.2) is 0 Å². The summed E-state index contributed by atoms with van der Waals surface area (Å²) in [5.41, 5.74) is -0.254. The lowest BCUT2D eigenvalue weighted by Crippen LogP contribution is -2.73. The predicted octanol–water partition coefficient (Wildman–Crippen LogP) is 2.46. The van der Waals surface area contributed by atoms with Crippen LogP contribution in [0.4, 0.5) is 0 Å². The second-order valence-corrected chi connectivity index (χ2v) is 9.15. The summed E-state index contributed by atoms with van der Waals surface area (Å²) in [6.07, 6.45) is 4.74. The van der Waals surface area contributed by atoms with E-state index in [-0.39, 0.29) is 25.5 Å². The average molecular weight is 486 g/mol. The quantitative estimate of drug-likeness (QED) is 0.461. The number of fused-ring (bicyclic) bond motifs is 1. The molecule has 0 radical (unpaired) electrons. The Morgan fingerprint density at radius 1 is 1.06 bits per heavy atom. The Hall–Kier alpha value is -3.21. The summed E-state index contributed by atoms with van der Waals surface area (Å²) < 4.78 is 16.1. The van der Waals surface area contributed by atoms with Crippen molar-refractivity contribution in [2.45, 2.75) is 63.6 Å². The average Bonchev–Trinajstić information content (AvgIpc) is 3.55. The number of hydrogen-bond acceptors (Lipinski definition) is 10. The van der Waals surface area contributed by atoms with Gasteiger partial charge < -0.3 is 19.2 Å². The summed E-state index contributed by atoms with van der Waals surface area (Å²) >= 11 is 0. The standard InChI is InChI=1S/C24H31N5O6/c1-4-33-20(30)16-13-15-9-10-24(28-11-7-8-12-28)19(18(15)25-16)23(22(32)35-6-3)14-17(21(31)34-5-2)29(24)27-26-23/h13-14,19,25H,4-12H2,1-3H3. The zero-order valence-corrected chi connectivity index (χ0v) is 20.3. The zero-order chi connectivity index (χ0) is 24.8. The second kappa shape index (κ2) is 8.78. The van der Waals surface area contributed by atoms with Gasteiger partial charge in [-0.05, 0) is 64.2 Å². The van der Waals surface area contributed by atoms with E-state index < -0.39 is 35.0 Å². The molecule has 5 aliphatic rings. The lowest BCUT2D eigenvalue weighted by molar-refractivity contribution is -0.168. The number of carbonyl (C=O) groups excluding carboxylic acids is 3. The van der Waals surface area contributed by atoms with Crippen LogP contribution in [0.5, 0.6) is 0 Å². The molecule has 0 saturated carbocycles. The Balaban J connectivity index is 1.74. The van der Waals surface area contributed by atoms with Gasteiger partial charge in [-0.2, -0.15) is 0 Å². The van der Waals surface area contributed by atoms with Crippen LogP contribution in [0.15, 0.2) is 28.2 Å². The molecule has 2 bridgehead atoms. The third kappa shape index (κ3) is 3.31. The molecule has 3 unspecified atom stereocenters. The first-order valence-electron chi connectivity index (χ1n) is 12.4. The van der Waals surface area contributed by atoms with Crippen LogP contribution >= 0.6 is 0 Å². The van der Waals surface area contributed by atoms with Crippen LogP contribution in [0.25, 0.3) is 0 Å². The van der Waals surface area contributed by atoms with Gasteiger partial charge in [-0.1, -0.05) is 5.22 Å². The number of esters is 3. The van der Waals surface area contributed by atoms with Crippen molar-refractivity contribution < 1.29 is 28.6 Å². The fourth-order valence-corrected chi connectivity index (χ4v) is 6.08. The smallest absolute Gasteiger partial charge is 0.356 e. The molecule has 188 valence electrons. The largest absolute Gasteiger partial charge is 0.464 e. The molecule has 5 heterocycles. The highest BCUT2D eigenvalue weighted by atomic mass is 16.5. The number of H-pyrrole nitrogens is 1. The van der Waals surface area contributed by atoms with E-state index >= 15 is 0 Å². The number of carbonyl (C=O) groups is 3. The molecule has 6 rings (SSSR count). The zero-order valence-electron chi connectivity index (χ0n) is 20.3. The number of aromatic nitrogens is 1. The fourth-order valence-electron chi connectivity index (χ4n) is 6.08. The number of hydrogen-bond donors (Lipinski definition) is 1. The molecule has 0 amide bonds. The van der Waals surface area contributed by atoms with E-state index in [4.69, 9.17) is 14.2 Å². The highest BCUT2D eigenvalue weighted by molar-refractivity contribution is 5.94. The highest BCUT2D eigenvalue weighted by Gasteiger charge is 2.70. The maximum Gasteiger partial charge on any atom is 0.356 e. The number of aromatic amines is 1. The van der Waals surface area contributed by atoms with Gasteiger partial charge in [0.2, 0.25) is 5.54 Å². The van der Waals surface area contributed by atoms with Crippen LogP contribution in [-0.4, -0.2) is 76.9 Å². The lowest BCUT2D eigenvalue weighted by Gasteiger charge is -2.61. The van der Waals surface area contributed by atoms with Crippen LogP contribution in [0.2, 0.25) is 0 Å².